The predicted molar refractivity (Wildman–Crippen MR) is 127 cm³/mol. The normalized spacial score (nSPS) is 17.7. The van der Waals surface area contributed by atoms with Gasteiger partial charge < -0.3 is 20.4 Å². The van der Waals surface area contributed by atoms with Crippen LogP contribution in [-0.2, 0) is 11.3 Å². The Hall–Kier alpha value is -1.35. The molecule has 2 saturated heterocycles. The van der Waals surface area contributed by atoms with Crippen LogP contribution in [0.3, 0.4) is 0 Å². The Morgan fingerprint density at radius 3 is 2.46 bits per heavy atom. The quantitative estimate of drug-likeness (QED) is 0.250. The number of nitrogens with one attached hydrogen (secondary N) is 2. The lowest BCUT2D eigenvalue weighted by atomic mass is 10.2. The van der Waals surface area contributed by atoms with Gasteiger partial charge in [-0.1, -0.05) is 12.1 Å². The van der Waals surface area contributed by atoms with Crippen molar-refractivity contribution in [3.8, 4) is 0 Å². The highest BCUT2D eigenvalue weighted by Crippen LogP contribution is 2.21. The molecule has 156 valence electrons. The maximum absolute atomic E-state index is 11.8. The van der Waals surface area contributed by atoms with E-state index in [0.717, 1.165) is 49.7 Å². The summed E-state index contributed by atoms with van der Waals surface area (Å²) in [5.74, 6) is 1.10. The van der Waals surface area contributed by atoms with E-state index >= 15 is 0 Å². The van der Waals surface area contributed by atoms with Gasteiger partial charge >= 0.3 is 0 Å². The largest absolute Gasteiger partial charge is 0.357 e. The van der Waals surface area contributed by atoms with Crippen LogP contribution in [0.25, 0.3) is 0 Å². The van der Waals surface area contributed by atoms with Gasteiger partial charge in [-0.05, 0) is 69.9 Å². The average molecular weight is 499 g/mol. The second-order valence-electron chi connectivity index (χ2n) is 7.34. The number of rotatable bonds is 8. The number of nitrogens with zero attached hydrogens (tertiary/aromatic N) is 3. The van der Waals surface area contributed by atoms with E-state index in [1.54, 1.807) is 0 Å². The topological polar surface area (TPSA) is 60.0 Å². The Labute approximate surface area is 186 Å². The third-order valence-electron chi connectivity index (χ3n) is 5.23. The minimum Gasteiger partial charge on any atom is -0.357 e. The summed E-state index contributed by atoms with van der Waals surface area (Å²) in [6.45, 7) is 9.04. The Morgan fingerprint density at radius 1 is 1.07 bits per heavy atom. The van der Waals surface area contributed by atoms with Crippen LogP contribution in [0.2, 0.25) is 0 Å². The van der Waals surface area contributed by atoms with Gasteiger partial charge in [0.05, 0.1) is 6.54 Å². The summed E-state index contributed by atoms with van der Waals surface area (Å²) in [4.78, 5) is 20.9. The van der Waals surface area contributed by atoms with Crippen molar-refractivity contribution in [1.29, 1.82) is 0 Å². The summed E-state index contributed by atoms with van der Waals surface area (Å²) in [5, 5.41) is 6.75. The molecule has 1 amide bonds. The van der Waals surface area contributed by atoms with Gasteiger partial charge in [0.2, 0.25) is 5.91 Å². The standard InChI is InChI=1S/C21H33N5O.HI/c1-2-22-21(23-12-6-15-25-13-3-4-14-25)24-17-18-8-10-19(11-9-18)26-16-5-7-20(26)27;/h8-11H,2-7,12-17H2,1H3,(H2,22,23,24);1H. The molecule has 2 N–H and O–H groups in total. The molecule has 2 aliphatic rings. The van der Waals surface area contributed by atoms with Crippen molar-refractivity contribution < 1.29 is 4.79 Å². The molecule has 2 heterocycles. The lowest BCUT2D eigenvalue weighted by Crippen LogP contribution is -2.38. The molecule has 0 spiro atoms. The zero-order chi connectivity index (χ0) is 18.9. The van der Waals surface area contributed by atoms with Crippen molar-refractivity contribution in [3.05, 3.63) is 29.8 Å². The molecule has 0 radical (unpaired) electrons. The van der Waals surface area contributed by atoms with E-state index in [0.29, 0.717) is 13.0 Å². The van der Waals surface area contributed by atoms with Gasteiger partial charge in [-0.25, -0.2) is 4.99 Å². The van der Waals surface area contributed by atoms with Crippen molar-refractivity contribution in [2.24, 2.45) is 4.99 Å². The van der Waals surface area contributed by atoms with Gasteiger partial charge in [0, 0.05) is 31.7 Å². The number of carbonyl (C=O) groups excluding carboxylic acids is 1. The minimum absolute atomic E-state index is 0. The van der Waals surface area contributed by atoms with E-state index in [1.165, 1.54) is 32.5 Å². The number of aliphatic imine (C=N–C) groups is 1. The van der Waals surface area contributed by atoms with Crippen molar-refractivity contribution in [2.75, 3.05) is 44.2 Å². The maximum atomic E-state index is 11.8. The highest BCUT2D eigenvalue weighted by molar-refractivity contribution is 14.0. The molecule has 3 rings (SSSR count). The van der Waals surface area contributed by atoms with Crippen molar-refractivity contribution >= 4 is 41.5 Å². The molecule has 0 saturated carbocycles. The smallest absolute Gasteiger partial charge is 0.227 e. The summed E-state index contributed by atoms with van der Waals surface area (Å²) < 4.78 is 0. The van der Waals surface area contributed by atoms with E-state index in [-0.39, 0.29) is 29.9 Å². The number of hydrogen-bond donors (Lipinski definition) is 2. The third-order valence-corrected chi connectivity index (χ3v) is 5.23. The van der Waals surface area contributed by atoms with Gasteiger partial charge in [0.1, 0.15) is 0 Å². The number of guanidine groups is 1. The first-order chi connectivity index (χ1) is 13.3. The molecular weight excluding hydrogens is 465 g/mol. The number of likely N-dealkylation sites (tertiary alicyclic amines) is 1. The second-order valence-corrected chi connectivity index (χ2v) is 7.34. The number of amides is 1. The zero-order valence-corrected chi connectivity index (χ0v) is 19.3. The van der Waals surface area contributed by atoms with Gasteiger partial charge in [-0.3, -0.25) is 4.79 Å². The highest BCUT2D eigenvalue weighted by atomic mass is 127. The molecule has 1 aromatic carbocycles. The Morgan fingerprint density at radius 2 is 1.82 bits per heavy atom. The van der Waals surface area contributed by atoms with Crippen molar-refractivity contribution in [2.45, 2.75) is 45.6 Å². The molecule has 0 atom stereocenters. The van der Waals surface area contributed by atoms with Gasteiger partial charge in [0.25, 0.3) is 0 Å². The lowest BCUT2D eigenvalue weighted by molar-refractivity contribution is -0.117. The number of hydrogen-bond acceptors (Lipinski definition) is 3. The molecule has 7 heteroatoms. The fourth-order valence-corrected chi connectivity index (χ4v) is 3.73. The van der Waals surface area contributed by atoms with Crippen LogP contribution in [-0.4, -0.2) is 56.0 Å². The zero-order valence-electron chi connectivity index (χ0n) is 17.0. The van der Waals surface area contributed by atoms with E-state index in [1.807, 2.05) is 17.0 Å². The summed E-state index contributed by atoms with van der Waals surface area (Å²) in [7, 11) is 0. The first kappa shape index (κ1) is 22.9. The van der Waals surface area contributed by atoms with E-state index in [9.17, 15) is 4.79 Å². The summed E-state index contributed by atoms with van der Waals surface area (Å²) in [5.41, 5.74) is 2.15. The monoisotopic (exact) mass is 499 g/mol. The third kappa shape index (κ3) is 6.92. The predicted octanol–water partition coefficient (Wildman–Crippen LogP) is 2.97. The molecule has 2 fully saturated rings. The van der Waals surface area contributed by atoms with Gasteiger partial charge in [0.15, 0.2) is 5.96 Å². The Kier molecular flexibility index (Phi) is 10.0. The van der Waals surface area contributed by atoms with Crippen LogP contribution in [0.4, 0.5) is 5.69 Å². The van der Waals surface area contributed by atoms with Gasteiger partial charge in [-0.15, -0.1) is 24.0 Å². The molecule has 0 aliphatic carbocycles. The molecular formula is C21H34IN5O. The maximum Gasteiger partial charge on any atom is 0.227 e. The van der Waals surface area contributed by atoms with Crippen LogP contribution >= 0.6 is 24.0 Å². The van der Waals surface area contributed by atoms with E-state index in [4.69, 9.17) is 4.99 Å². The SMILES string of the molecule is CCNC(=NCc1ccc(N2CCCC2=O)cc1)NCCCN1CCCC1.I. The molecule has 28 heavy (non-hydrogen) atoms. The van der Waals surface area contributed by atoms with E-state index < -0.39 is 0 Å². The molecule has 0 aromatic heterocycles. The van der Waals surface area contributed by atoms with Gasteiger partial charge in [-0.2, -0.15) is 0 Å². The van der Waals surface area contributed by atoms with Crippen LogP contribution in [0, 0.1) is 0 Å². The summed E-state index contributed by atoms with van der Waals surface area (Å²) in [6.07, 6.45) is 5.47. The molecule has 1 aromatic rings. The Bertz CT molecular complexity index is 628. The number of halogens is 1. The second kappa shape index (κ2) is 12.3. The minimum atomic E-state index is 0. The van der Waals surface area contributed by atoms with Crippen LogP contribution < -0.4 is 15.5 Å². The fraction of sp³-hybridized carbons (Fsp3) is 0.619. The number of carbonyl (C=O) groups is 1. The molecule has 0 unspecified atom stereocenters. The first-order valence-corrected chi connectivity index (χ1v) is 10.4. The molecule has 0 bridgehead atoms. The van der Waals surface area contributed by atoms with Crippen molar-refractivity contribution in [3.63, 3.8) is 0 Å². The summed E-state index contributed by atoms with van der Waals surface area (Å²) >= 11 is 0. The first-order valence-electron chi connectivity index (χ1n) is 10.4. The van der Waals surface area contributed by atoms with Crippen LogP contribution in [0.15, 0.2) is 29.3 Å². The lowest BCUT2D eigenvalue weighted by Gasteiger charge is -2.16. The number of anilines is 1. The number of benzene rings is 1. The van der Waals surface area contributed by atoms with Crippen LogP contribution in [0.1, 0.15) is 44.6 Å². The van der Waals surface area contributed by atoms with Crippen LogP contribution in [0.5, 0.6) is 0 Å². The van der Waals surface area contributed by atoms with E-state index in [2.05, 4.69) is 34.6 Å². The Balaban J connectivity index is 0.00000280. The fourth-order valence-electron chi connectivity index (χ4n) is 3.73. The highest BCUT2D eigenvalue weighted by Gasteiger charge is 2.21. The van der Waals surface area contributed by atoms with Crippen molar-refractivity contribution in [1.82, 2.24) is 15.5 Å². The average Bonchev–Trinajstić information content (AvgIpc) is 3.35. The summed E-state index contributed by atoms with van der Waals surface area (Å²) in [6, 6.07) is 8.21. The molecule has 2 aliphatic heterocycles. The molecule has 6 nitrogen and oxygen atoms in total.